The van der Waals surface area contributed by atoms with Gasteiger partial charge in [-0.1, -0.05) is 0 Å². The van der Waals surface area contributed by atoms with Crippen molar-refractivity contribution in [1.29, 1.82) is 0 Å². The lowest BCUT2D eigenvalue weighted by atomic mass is 10.1. The molecule has 20 heavy (non-hydrogen) atoms. The van der Waals surface area contributed by atoms with Gasteiger partial charge in [0.2, 0.25) is 11.6 Å². The summed E-state index contributed by atoms with van der Waals surface area (Å²) in [6, 6.07) is 0. The number of H-pyrrole nitrogens is 2. The lowest BCUT2D eigenvalue weighted by Crippen LogP contribution is -2.05. The summed E-state index contributed by atoms with van der Waals surface area (Å²) in [6.07, 6.45) is 0. The molecule has 0 fully saturated rings. The Morgan fingerprint density at radius 3 is 1.20 bits per heavy atom. The van der Waals surface area contributed by atoms with Crippen molar-refractivity contribution in [3.05, 3.63) is 23.3 Å². The molecule has 8 nitrogen and oxygen atoms in total. The highest BCUT2D eigenvalue weighted by molar-refractivity contribution is 5.65. The normalized spacial score (nSPS) is 11.0. The third kappa shape index (κ3) is 1.61. The SMILES string of the molecule is Fc1c(F)c(-c2nn[nH]n2)c(F)c(F)c1-c1nn[nH]n1. The van der Waals surface area contributed by atoms with Gasteiger partial charge in [0.25, 0.3) is 0 Å². The molecule has 3 rings (SSSR count). The molecule has 0 atom stereocenters. The first kappa shape index (κ1) is 12.1. The first-order valence-electron chi connectivity index (χ1n) is 4.94. The molecule has 0 amide bonds. The molecule has 0 aliphatic rings. The number of aromatic nitrogens is 8. The zero-order chi connectivity index (χ0) is 14.3. The molecule has 0 radical (unpaired) electrons. The Morgan fingerprint density at radius 2 is 0.950 bits per heavy atom. The number of benzene rings is 1. The zero-order valence-electron chi connectivity index (χ0n) is 9.20. The number of hydrogen-bond acceptors (Lipinski definition) is 6. The number of rotatable bonds is 2. The first-order chi connectivity index (χ1) is 9.61. The average molecular weight is 286 g/mol. The maximum absolute atomic E-state index is 13.9. The van der Waals surface area contributed by atoms with Gasteiger partial charge < -0.3 is 0 Å². The molecule has 0 saturated heterocycles. The van der Waals surface area contributed by atoms with Gasteiger partial charge in [-0.3, -0.25) is 0 Å². The van der Waals surface area contributed by atoms with E-state index >= 15 is 0 Å². The second kappa shape index (κ2) is 4.32. The number of aromatic amines is 2. The maximum atomic E-state index is 13.9. The van der Waals surface area contributed by atoms with E-state index in [0.29, 0.717) is 0 Å². The summed E-state index contributed by atoms with van der Waals surface area (Å²) in [7, 11) is 0. The molecule has 1 aromatic carbocycles. The van der Waals surface area contributed by atoms with Crippen LogP contribution in [0.4, 0.5) is 17.6 Å². The molecule has 2 N–H and O–H groups in total. The van der Waals surface area contributed by atoms with E-state index in [2.05, 4.69) is 30.8 Å². The van der Waals surface area contributed by atoms with Gasteiger partial charge in [0.1, 0.15) is 11.1 Å². The van der Waals surface area contributed by atoms with Crippen molar-refractivity contribution < 1.29 is 17.6 Å². The molecule has 0 spiro atoms. The molecule has 0 saturated carbocycles. The second-order valence-electron chi connectivity index (χ2n) is 3.48. The monoisotopic (exact) mass is 286 g/mol. The molecule has 12 heteroatoms. The Labute approximate surface area is 106 Å². The van der Waals surface area contributed by atoms with E-state index in [0.717, 1.165) is 0 Å². The van der Waals surface area contributed by atoms with Crippen molar-refractivity contribution in [2.75, 3.05) is 0 Å². The largest absolute Gasteiger partial charge is 0.210 e. The summed E-state index contributed by atoms with van der Waals surface area (Å²) in [5, 5.41) is 23.0. The lowest BCUT2D eigenvalue weighted by Gasteiger charge is -2.07. The summed E-state index contributed by atoms with van der Waals surface area (Å²) >= 11 is 0. The molecule has 0 bridgehead atoms. The molecular formula is C8H2F4N8. The Balaban J connectivity index is 2.33. The third-order valence-electron chi connectivity index (χ3n) is 2.40. The van der Waals surface area contributed by atoms with Crippen molar-refractivity contribution in [3.8, 4) is 22.8 Å². The minimum absolute atomic E-state index is 0.627. The fraction of sp³-hybridized carbons (Fsp3) is 0. The summed E-state index contributed by atoms with van der Waals surface area (Å²) in [6.45, 7) is 0. The van der Waals surface area contributed by atoms with Crippen molar-refractivity contribution in [1.82, 2.24) is 41.2 Å². The Hall–Kier alpha value is -2.92. The fourth-order valence-corrected chi connectivity index (χ4v) is 1.56. The fourth-order valence-electron chi connectivity index (χ4n) is 1.56. The third-order valence-corrected chi connectivity index (χ3v) is 2.40. The van der Waals surface area contributed by atoms with E-state index in [1.54, 1.807) is 0 Å². The van der Waals surface area contributed by atoms with Crippen molar-refractivity contribution >= 4 is 0 Å². The van der Waals surface area contributed by atoms with Crippen LogP contribution in [-0.2, 0) is 0 Å². The second-order valence-corrected chi connectivity index (χ2v) is 3.48. The van der Waals surface area contributed by atoms with Crippen molar-refractivity contribution in [2.24, 2.45) is 0 Å². The van der Waals surface area contributed by atoms with Gasteiger partial charge in [-0.15, -0.1) is 20.4 Å². The minimum Gasteiger partial charge on any atom is -0.203 e. The number of halogens is 4. The summed E-state index contributed by atoms with van der Waals surface area (Å²) in [4.78, 5) is 0. The maximum Gasteiger partial charge on any atom is 0.210 e. The highest BCUT2D eigenvalue weighted by atomic mass is 19.2. The van der Waals surface area contributed by atoms with E-state index in [-0.39, 0.29) is 0 Å². The van der Waals surface area contributed by atoms with E-state index in [1.165, 1.54) is 0 Å². The van der Waals surface area contributed by atoms with Crippen LogP contribution < -0.4 is 0 Å². The van der Waals surface area contributed by atoms with Crippen LogP contribution in [0.5, 0.6) is 0 Å². The molecular weight excluding hydrogens is 284 g/mol. The molecule has 0 aliphatic heterocycles. The molecule has 102 valence electrons. The Morgan fingerprint density at radius 1 is 0.600 bits per heavy atom. The topological polar surface area (TPSA) is 109 Å². The van der Waals surface area contributed by atoms with Crippen molar-refractivity contribution in [3.63, 3.8) is 0 Å². The van der Waals surface area contributed by atoms with Gasteiger partial charge in [0.15, 0.2) is 23.3 Å². The molecule has 2 aromatic heterocycles. The first-order valence-corrected chi connectivity index (χ1v) is 4.94. The summed E-state index contributed by atoms with van der Waals surface area (Å²) in [5.74, 6) is -8.01. The van der Waals surface area contributed by atoms with Crippen LogP contribution in [-0.4, -0.2) is 41.2 Å². The lowest BCUT2D eigenvalue weighted by molar-refractivity contribution is 0.461. The highest BCUT2D eigenvalue weighted by Gasteiger charge is 2.30. The van der Waals surface area contributed by atoms with Crippen LogP contribution in [0.15, 0.2) is 0 Å². The quantitative estimate of drug-likeness (QED) is 0.527. The van der Waals surface area contributed by atoms with Gasteiger partial charge in [-0.25, -0.2) is 17.6 Å². The number of nitrogens with one attached hydrogen (secondary N) is 2. The van der Waals surface area contributed by atoms with Gasteiger partial charge in [-0.2, -0.15) is 10.4 Å². The van der Waals surface area contributed by atoms with Gasteiger partial charge in [0, 0.05) is 0 Å². The zero-order valence-corrected chi connectivity index (χ0v) is 9.20. The van der Waals surface area contributed by atoms with Crippen LogP contribution in [0.3, 0.4) is 0 Å². The summed E-state index contributed by atoms with van der Waals surface area (Å²) in [5.41, 5.74) is -2.16. The van der Waals surface area contributed by atoms with Gasteiger partial charge in [-0.05, 0) is 10.4 Å². The average Bonchev–Trinajstić information content (AvgIpc) is 3.10. The minimum atomic E-state index is -1.69. The van der Waals surface area contributed by atoms with Crippen LogP contribution in [0.2, 0.25) is 0 Å². The van der Waals surface area contributed by atoms with Crippen molar-refractivity contribution in [2.45, 2.75) is 0 Å². The number of nitrogens with zero attached hydrogens (tertiary/aromatic N) is 6. The van der Waals surface area contributed by atoms with E-state index in [1.807, 2.05) is 10.4 Å². The smallest absolute Gasteiger partial charge is 0.203 e. The van der Waals surface area contributed by atoms with Crippen LogP contribution in [0.25, 0.3) is 22.8 Å². The van der Waals surface area contributed by atoms with Crippen LogP contribution in [0.1, 0.15) is 0 Å². The number of hydrogen-bond donors (Lipinski definition) is 2. The standard InChI is InChI=1S/C8H2F4N8/c9-3-1(7-13-17-18-14-7)4(10)6(12)2(5(3)11)8-15-19-20-16-8/h(H,13,14,17,18)(H,15,16,19,20). The van der Waals surface area contributed by atoms with Gasteiger partial charge >= 0.3 is 0 Å². The van der Waals surface area contributed by atoms with Crippen LogP contribution >= 0.6 is 0 Å². The van der Waals surface area contributed by atoms with E-state index in [9.17, 15) is 17.6 Å². The molecule has 2 heterocycles. The van der Waals surface area contributed by atoms with E-state index < -0.39 is 46.0 Å². The molecule has 0 unspecified atom stereocenters. The van der Waals surface area contributed by atoms with Crippen LogP contribution in [0, 0.1) is 23.3 Å². The van der Waals surface area contributed by atoms with E-state index in [4.69, 9.17) is 0 Å². The predicted octanol–water partition coefficient (Wildman–Crippen LogP) is 0.603. The van der Waals surface area contributed by atoms with Gasteiger partial charge in [0.05, 0.1) is 0 Å². The number of tetrazole rings is 2. The molecule has 3 aromatic rings. The molecule has 0 aliphatic carbocycles. The Kier molecular flexibility index (Phi) is 2.62. The predicted molar refractivity (Wildman–Crippen MR) is 52.6 cm³/mol. The Bertz CT molecular complexity index is 659. The highest BCUT2D eigenvalue weighted by Crippen LogP contribution is 2.33. The summed E-state index contributed by atoms with van der Waals surface area (Å²) < 4.78 is 55.5.